The summed E-state index contributed by atoms with van der Waals surface area (Å²) >= 11 is 0. The number of carbonyl (C=O) groups is 1. The van der Waals surface area contributed by atoms with E-state index in [-0.39, 0.29) is 6.03 Å². The molecule has 2 heterocycles. The highest BCUT2D eigenvalue weighted by atomic mass is 16.5. The van der Waals surface area contributed by atoms with Gasteiger partial charge in [-0.3, -0.25) is 5.32 Å². The van der Waals surface area contributed by atoms with Crippen molar-refractivity contribution in [3.05, 3.63) is 47.5 Å². The molecule has 1 aliphatic rings. The van der Waals surface area contributed by atoms with E-state index >= 15 is 0 Å². The average molecular weight is 313 g/mol. The number of methoxy groups -OCH3 is 2. The Balaban J connectivity index is 1.69. The molecule has 0 saturated heterocycles. The van der Waals surface area contributed by atoms with Gasteiger partial charge < -0.3 is 14.4 Å². The van der Waals surface area contributed by atoms with Gasteiger partial charge in [0.05, 0.1) is 14.2 Å². The number of nitrogens with one attached hydrogen (secondary N) is 1. The second kappa shape index (κ2) is 6.56. The van der Waals surface area contributed by atoms with Crippen molar-refractivity contribution in [2.75, 3.05) is 26.1 Å². The minimum Gasteiger partial charge on any atom is -0.497 e. The maximum atomic E-state index is 12.4. The summed E-state index contributed by atoms with van der Waals surface area (Å²) in [6.45, 7) is 1.24. The Labute approximate surface area is 135 Å². The van der Waals surface area contributed by atoms with Crippen LogP contribution in [0, 0.1) is 0 Å². The quantitative estimate of drug-likeness (QED) is 0.946. The summed E-state index contributed by atoms with van der Waals surface area (Å²) in [6.07, 6.45) is 0.811. The molecule has 3 rings (SSSR count). The molecular weight excluding hydrogens is 294 g/mol. The number of ether oxygens (including phenoxy) is 2. The normalized spacial score (nSPS) is 13.2. The molecule has 0 fully saturated rings. The Morgan fingerprint density at radius 3 is 2.83 bits per heavy atom. The molecule has 1 N–H and O–H groups in total. The van der Waals surface area contributed by atoms with Crippen LogP contribution in [0.15, 0.2) is 36.4 Å². The van der Waals surface area contributed by atoms with Gasteiger partial charge in [0.25, 0.3) is 0 Å². The van der Waals surface area contributed by atoms with Crippen molar-refractivity contribution < 1.29 is 14.3 Å². The molecule has 2 amide bonds. The Kier molecular flexibility index (Phi) is 4.32. The van der Waals surface area contributed by atoms with Crippen LogP contribution in [-0.4, -0.2) is 36.7 Å². The van der Waals surface area contributed by atoms with E-state index in [0.717, 1.165) is 17.7 Å². The van der Waals surface area contributed by atoms with Crippen LogP contribution in [0.2, 0.25) is 0 Å². The van der Waals surface area contributed by atoms with Gasteiger partial charge in [-0.1, -0.05) is 12.1 Å². The molecule has 0 aliphatic carbocycles. The van der Waals surface area contributed by atoms with Crippen molar-refractivity contribution in [2.24, 2.45) is 0 Å². The van der Waals surface area contributed by atoms with Crippen molar-refractivity contribution in [3.8, 4) is 11.6 Å². The zero-order valence-corrected chi connectivity index (χ0v) is 13.2. The standard InChI is InChI=1S/C17H19N3O3/c1-22-14-7-6-13-11-20(9-8-12(13)10-14)17(21)19-15-4-3-5-16(18-15)23-2/h3-7,10H,8-9,11H2,1-2H3,(H,18,19,21). The minimum atomic E-state index is -0.160. The van der Waals surface area contributed by atoms with E-state index in [9.17, 15) is 4.79 Å². The van der Waals surface area contributed by atoms with Crippen molar-refractivity contribution in [1.29, 1.82) is 0 Å². The molecule has 23 heavy (non-hydrogen) atoms. The summed E-state index contributed by atoms with van der Waals surface area (Å²) < 4.78 is 10.3. The monoisotopic (exact) mass is 313 g/mol. The van der Waals surface area contributed by atoms with Gasteiger partial charge in [-0.05, 0) is 35.7 Å². The van der Waals surface area contributed by atoms with Gasteiger partial charge >= 0.3 is 6.03 Å². The van der Waals surface area contributed by atoms with Crippen LogP contribution < -0.4 is 14.8 Å². The van der Waals surface area contributed by atoms with Crippen LogP contribution >= 0.6 is 0 Å². The van der Waals surface area contributed by atoms with Gasteiger partial charge in [-0.2, -0.15) is 4.98 Å². The molecular formula is C17H19N3O3. The van der Waals surface area contributed by atoms with E-state index < -0.39 is 0 Å². The van der Waals surface area contributed by atoms with Gasteiger partial charge in [0.15, 0.2) is 0 Å². The number of carbonyl (C=O) groups excluding carboxylic acids is 1. The number of anilines is 1. The second-order valence-electron chi connectivity index (χ2n) is 5.30. The number of benzene rings is 1. The van der Waals surface area contributed by atoms with E-state index in [4.69, 9.17) is 9.47 Å². The summed E-state index contributed by atoms with van der Waals surface area (Å²) in [6, 6.07) is 11.1. The van der Waals surface area contributed by atoms with Gasteiger partial charge in [-0.25, -0.2) is 4.79 Å². The fourth-order valence-corrected chi connectivity index (χ4v) is 2.62. The van der Waals surface area contributed by atoms with Crippen LogP contribution in [0.4, 0.5) is 10.6 Å². The Morgan fingerprint density at radius 2 is 2.04 bits per heavy atom. The average Bonchev–Trinajstić information content (AvgIpc) is 2.60. The highest BCUT2D eigenvalue weighted by molar-refractivity contribution is 5.88. The summed E-state index contributed by atoms with van der Waals surface area (Å²) in [4.78, 5) is 18.4. The Hall–Kier alpha value is -2.76. The lowest BCUT2D eigenvalue weighted by Gasteiger charge is -2.29. The van der Waals surface area contributed by atoms with Crippen molar-refractivity contribution >= 4 is 11.8 Å². The van der Waals surface area contributed by atoms with Crippen LogP contribution in [0.3, 0.4) is 0 Å². The number of hydrogen-bond acceptors (Lipinski definition) is 4. The zero-order chi connectivity index (χ0) is 16.2. The van der Waals surface area contributed by atoms with E-state index in [1.54, 1.807) is 37.3 Å². The molecule has 6 nitrogen and oxygen atoms in total. The number of hydrogen-bond donors (Lipinski definition) is 1. The number of amides is 2. The van der Waals surface area contributed by atoms with E-state index in [1.807, 2.05) is 18.2 Å². The fourth-order valence-electron chi connectivity index (χ4n) is 2.62. The first-order chi connectivity index (χ1) is 11.2. The van der Waals surface area contributed by atoms with E-state index in [0.29, 0.717) is 24.8 Å². The number of urea groups is 1. The van der Waals surface area contributed by atoms with Crippen LogP contribution in [0.1, 0.15) is 11.1 Å². The predicted molar refractivity (Wildman–Crippen MR) is 86.9 cm³/mol. The van der Waals surface area contributed by atoms with Gasteiger partial charge in [0.1, 0.15) is 11.6 Å². The summed E-state index contributed by atoms with van der Waals surface area (Å²) in [7, 11) is 3.20. The lowest BCUT2D eigenvalue weighted by molar-refractivity contribution is 0.206. The number of nitrogens with zero attached hydrogens (tertiary/aromatic N) is 2. The summed E-state index contributed by atoms with van der Waals surface area (Å²) in [5.74, 6) is 1.80. The van der Waals surface area contributed by atoms with E-state index in [1.165, 1.54) is 5.56 Å². The number of rotatable bonds is 3. The first-order valence-electron chi connectivity index (χ1n) is 7.42. The molecule has 1 aromatic heterocycles. The van der Waals surface area contributed by atoms with Crippen molar-refractivity contribution in [2.45, 2.75) is 13.0 Å². The number of aromatic nitrogens is 1. The summed E-state index contributed by atoms with van der Waals surface area (Å²) in [5, 5.41) is 2.81. The van der Waals surface area contributed by atoms with Gasteiger partial charge in [-0.15, -0.1) is 0 Å². The molecule has 0 atom stereocenters. The maximum absolute atomic E-state index is 12.4. The van der Waals surface area contributed by atoms with Crippen LogP contribution in [0.5, 0.6) is 11.6 Å². The zero-order valence-electron chi connectivity index (χ0n) is 13.2. The summed E-state index contributed by atoms with van der Waals surface area (Å²) in [5.41, 5.74) is 2.37. The molecule has 0 radical (unpaired) electrons. The van der Waals surface area contributed by atoms with E-state index in [2.05, 4.69) is 10.3 Å². The molecule has 6 heteroatoms. The second-order valence-corrected chi connectivity index (χ2v) is 5.30. The molecule has 1 aromatic carbocycles. The number of pyridine rings is 1. The Bertz CT molecular complexity index is 718. The maximum Gasteiger partial charge on any atom is 0.323 e. The number of fused-ring (bicyclic) bond motifs is 1. The highest BCUT2D eigenvalue weighted by Crippen LogP contribution is 2.24. The lowest BCUT2D eigenvalue weighted by atomic mass is 10.00. The van der Waals surface area contributed by atoms with Crippen LogP contribution in [0.25, 0.3) is 0 Å². The van der Waals surface area contributed by atoms with Crippen LogP contribution in [-0.2, 0) is 13.0 Å². The first-order valence-corrected chi connectivity index (χ1v) is 7.42. The molecule has 0 bridgehead atoms. The molecule has 0 unspecified atom stereocenters. The molecule has 2 aromatic rings. The predicted octanol–water partition coefficient (Wildman–Crippen LogP) is 2.69. The molecule has 0 spiro atoms. The smallest absolute Gasteiger partial charge is 0.323 e. The Morgan fingerprint density at radius 1 is 1.17 bits per heavy atom. The van der Waals surface area contributed by atoms with Crippen molar-refractivity contribution in [1.82, 2.24) is 9.88 Å². The van der Waals surface area contributed by atoms with Gasteiger partial charge in [0, 0.05) is 19.2 Å². The third-order valence-electron chi connectivity index (χ3n) is 3.88. The first kappa shape index (κ1) is 15.1. The largest absolute Gasteiger partial charge is 0.497 e. The lowest BCUT2D eigenvalue weighted by Crippen LogP contribution is -2.39. The molecule has 0 saturated carbocycles. The topological polar surface area (TPSA) is 63.7 Å². The minimum absolute atomic E-state index is 0.160. The SMILES string of the molecule is COc1ccc2c(c1)CCN(C(=O)Nc1cccc(OC)n1)C2. The third kappa shape index (κ3) is 3.36. The van der Waals surface area contributed by atoms with Crippen molar-refractivity contribution in [3.63, 3.8) is 0 Å². The van der Waals surface area contributed by atoms with Gasteiger partial charge in [0.2, 0.25) is 5.88 Å². The highest BCUT2D eigenvalue weighted by Gasteiger charge is 2.21. The third-order valence-corrected chi connectivity index (χ3v) is 3.88. The fraction of sp³-hybridized carbons (Fsp3) is 0.294. The molecule has 120 valence electrons. The molecule has 1 aliphatic heterocycles.